The second-order valence-corrected chi connectivity index (χ2v) is 4.85. The number of rotatable bonds is 4. The number of benzene rings is 2. The number of para-hydroxylation sites is 2. The monoisotopic (exact) mass is 345 g/mol. The van der Waals surface area contributed by atoms with Crippen molar-refractivity contribution in [3.63, 3.8) is 0 Å². The van der Waals surface area contributed by atoms with Crippen molar-refractivity contribution in [1.82, 2.24) is 9.55 Å². The highest BCUT2D eigenvalue weighted by atomic mass is 35.5. The van der Waals surface area contributed by atoms with Crippen molar-refractivity contribution in [2.24, 2.45) is 5.18 Å². The minimum Gasteiger partial charge on any atom is -0.425 e. The largest absolute Gasteiger partial charge is 0.425 e. The molecule has 0 saturated carbocycles. The summed E-state index contributed by atoms with van der Waals surface area (Å²) in [6.45, 7) is 3.94. The molecule has 0 fully saturated rings. The predicted molar refractivity (Wildman–Crippen MR) is 93.6 cm³/mol. The lowest BCUT2D eigenvalue weighted by atomic mass is 10.3. The van der Waals surface area contributed by atoms with Gasteiger partial charge in [-0.15, -0.1) is 4.91 Å². The molecule has 3 aromatic rings. The van der Waals surface area contributed by atoms with Gasteiger partial charge in [-0.2, -0.15) is 0 Å². The van der Waals surface area contributed by atoms with E-state index < -0.39 is 5.97 Å². The standard InChI is InChI=1S/C15H10ClN3O3.C2H6/c16-15-17-12-3-1-2-4-13(12)19(15)9-14(20)22-11-7-5-10(18-21)6-8-11;1-2/h1-8H,9H2;1-2H3. The third-order valence-electron chi connectivity index (χ3n) is 3.07. The molecule has 0 aliphatic carbocycles. The summed E-state index contributed by atoms with van der Waals surface area (Å²) in [6.07, 6.45) is 0. The molecule has 3 rings (SSSR count). The SMILES string of the molecule is CC.O=Nc1ccc(OC(=O)Cn2c(Cl)nc3ccccc32)cc1. The van der Waals surface area contributed by atoms with E-state index in [1.807, 2.05) is 38.1 Å². The van der Waals surface area contributed by atoms with E-state index >= 15 is 0 Å². The molecular formula is C17H16ClN3O3. The Labute approximate surface area is 144 Å². The van der Waals surface area contributed by atoms with Gasteiger partial charge in [-0.3, -0.25) is 0 Å². The summed E-state index contributed by atoms with van der Waals surface area (Å²) in [5, 5.41) is 3.00. The summed E-state index contributed by atoms with van der Waals surface area (Å²) in [6, 6.07) is 13.3. The van der Waals surface area contributed by atoms with E-state index in [-0.39, 0.29) is 17.5 Å². The zero-order valence-corrected chi connectivity index (χ0v) is 14.0. The van der Waals surface area contributed by atoms with Crippen LogP contribution in [0.1, 0.15) is 13.8 Å². The van der Waals surface area contributed by atoms with E-state index in [0.717, 1.165) is 5.52 Å². The molecule has 0 amide bonds. The van der Waals surface area contributed by atoms with Crippen molar-refractivity contribution >= 4 is 34.3 Å². The average Bonchev–Trinajstić information content (AvgIpc) is 2.93. The highest BCUT2D eigenvalue weighted by Crippen LogP contribution is 2.21. The Hall–Kier alpha value is -2.73. The Kier molecular flexibility index (Phi) is 6.03. The normalized spacial score (nSPS) is 9.96. The number of carbonyl (C=O) groups is 1. The van der Waals surface area contributed by atoms with Crippen molar-refractivity contribution < 1.29 is 9.53 Å². The molecule has 1 aromatic heterocycles. The molecule has 0 saturated heterocycles. The van der Waals surface area contributed by atoms with Gasteiger partial charge >= 0.3 is 5.97 Å². The summed E-state index contributed by atoms with van der Waals surface area (Å²) in [5.41, 5.74) is 1.73. The van der Waals surface area contributed by atoms with Gasteiger partial charge in [-0.05, 0) is 53.2 Å². The van der Waals surface area contributed by atoms with Gasteiger partial charge in [-0.1, -0.05) is 26.0 Å². The number of halogens is 1. The minimum atomic E-state index is -0.489. The first kappa shape index (κ1) is 17.6. The van der Waals surface area contributed by atoms with Gasteiger partial charge in [0.1, 0.15) is 18.0 Å². The number of imidazole rings is 1. The van der Waals surface area contributed by atoms with Gasteiger partial charge in [0.05, 0.1) is 11.0 Å². The molecule has 124 valence electrons. The number of aromatic nitrogens is 2. The third kappa shape index (κ3) is 3.97. The summed E-state index contributed by atoms with van der Waals surface area (Å²) in [4.78, 5) is 26.5. The number of hydrogen-bond acceptors (Lipinski definition) is 5. The van der Waals surface area contributed by atoms with Crippen molar-refractivity contribution in [2.75, 3.05) is 0 Å². The molecule has 0 radical (unpaired) electrons. The second kappa shape index (κ2) is 8.21. The Morgan fingerprint density at radius 1 is 1.17 bits per heavy atom. The Bertz CT molecular complexity index is 844. The summed E-state index contributed by atoms with van der Waals surface area (Å²) < 4.78 is 6.77. The van der Waals surface area contributed by atoms with Crippen molar-refractivity contribution in [3.05, 3.63) is 58.7 Å². The quantitative estimate of drug-likeness (QED) is 0.389. The Balaban J connectivity index is 0.00000100. The number of nitroso groups, excluding NO2 is 1. The molecule has 24 heavy (non-hydrogen) atoms. The smallest absolute Gasteiger partial charge is 0.331 e. The van der Waals surface area contributed by atoms with Gasteiger partial charge in [0.2, 0.25) is 5.28 Å². The zero-order chi connectivity index (χ0) is 17.5. The van der Waals surface area contributed by atoms with E-state index in [1.54, 1.807) is 4.57 Å². The van der Waals surface area contributed by atoms with Crippen LogP contribution in [-0.2, 0) is 11.3 Å². The molecule has 0 spiro atoms. The number of carbonyl (C=O) groups excluding carboxylic acids is 1. The zero-order valence-electron chi connectivity index (χ0n) is 13.3. The molecule has 0 aliphatic heterocycles. The van der Waals surface area contributed by atoms with Crippen LogP contribution in [0.25, 0.3) is 11.0 Å². The van der Waals surface area contributed by atoms with Crippen molar-refractivity contribution in [3.8, 4) is 5.75 Å². The lowest BCUT2D eigenvalue weighted by Crippen LogP contribution is -2.16. The molecule has 2 aromatic carbocycles. The van der Waals surface area contributed by atoms with Gasteiger partial charge in [0, 0.05) is 0 Å². The summed E-state index contributed by atoms with van der Waals surface area (Å²) in [5.74, 6) is -0.158. The maximum atomic E-state index is 12.0. The van der Waals surface area contributed by atoms with E-state index in [1.165, 1.54) is 24.3 Å². The predicted octanol–water partition coefficient (Wildman–Crippen LogP) is 4.72. The first-order valence-electron chi connectivity index (χ1n) is 7.42. The maximum absolute atomic E-state index is 12.0. The van der Waals surface area contributed by atoms with Crippen molar-refractivity contribution in [1.29, 1.82) is 0 Å². The lowest BCUT2D eigenvalue weighted by Gasteiger charge is -2.06. The number of hydrogen-bond donors (Lipinski definition) is 0. The van der Waals surface area contributed by atoms with Crippen LogP contribution in [0.2, 0.25) is 5.28 Å². The van der Waals surface area contributed by atoms with Crippen LogP contribution in [0.5, 0.6) is 5.75 Å². The van der Waals surface area contributed by atoms with Crippen LogP contribution in [0.4, 0.5) is 5.69 Å². The lowest BCUT2D eigenvalue weighted by molar-refractivity contribution is -0.134. The minimum absolute atomic E-state index is 0.0625. The fourth-order valence-electron chi connectivity index (χ4n) is 2.06. The van der Waals surface area contributed by atoms with Gasteiger partial charge < -0.3 is 9.30 Å². The van der Waals surface area contributed by atoms with E-state index in [9.17, 15) is 9.70 Å². The second-order valence-electron chi connectivity index (χ2n) is 4.51. The Morgan fingerprint density at radius 2 is 1.83 bits per heavy atom. The average molecular weight is 346 g/mol. The number of esters is 1. The molecule has 0 atom stereocenters. The molecule has 1 heterocycles. The summed E-state index contributed by atoms with van der Waals surface area (Å²) in [7, 11) is 0. The van der Waals surface area contributed by atoms with Crippen LogP contribution in [-0.4, -0.2) is 15.5 Å². The molecule has 0 N–H and O–H groups in total. The molecule has 7 heteroatoms. The van der Waals surface area contributed by atoms with Gasteiger partial charge in [0.25, 0.3) is 0 Å². The third-order valence-corrected chi connectivity index (χ3v) is 3.36. The number of nitrogens with zero attached hydrogens (tertiary/aromatic N) is 3. The molecule has 0 bridgehead atoms. The maximum Gasteiger partial charge on any atom is 0.331 e. The fourth-order valence-corrected chi connectivity index (χ4v) is 2.31. The Morgan fingerprint density at radius 3 is 2.50 bits per heavy atom. The topological polar surface area (TPSA) is 73.5 Å². The van der Waals surface area contributed by atoms with Crippen LogP contribution in [0.3, 0.4) is 0 Å². The van der Waals surface area contributed by atoms with Crippen molar-refractivity contribution in [2.45, 2.75) is 20.4 Å². The summed E-state index contributed by atoms with van der Waals surface area (Å²) >= 11 is 6.05. The molecule has 0 unspecified atom stereocenters. The number of fused-ring (bicyclic) bond motifs is 1. The van der Waals surface area contributed by atoms with E-state index in [0.29, 0.717) is 11.3 Å². The highest BCUT2D eigenvalue weighted by molar-refractivity contribution is 6.29. The molecule has 0 aliphatic rings. The van der Waals surface area contributed by atoms with Gasteiger partial charge in [-0.25, -0.2) is 9.78 Å². The van der Waals surface area contributed by atoms with E-state index in [2.05, 4.69) is 10.2 Å². The van der Waals surface area contributed by atoms with E-state index in [4.69, 9.17) is 16.3 Å². The van der Waals surface area contributed by atoms with Crippen LogP contribution >= 0.6 is 11.6 Å². The van der Waals surface area contributed by atoms with Gasteiger partial charge in [0.15, 0.2) is 0 Å². The highest BCUT2D eigenvalue weighted by Gasteiger charge is 2.13. The number of ether oxygens (including phenoxy) is 1. The van der Waals surface area contributed by atoms with Crippen LogP contribution in [0.15, 0.2) is 53.7 Å². The van der Waals surface area contributed by atoms with Crippen LogP contribution in [0, 0.1) is 4.91 Å². The van der Waals surface area contributed by atoms with Crippen LogP contribution < -0.4 is 4.74 Å². The first-order chi connectivity index (χ1) is 11.7. The fraction of sp³-hybridized carbons (Fsp3) is 0.176. The molecule has 6 nitrogen and oxygen atoms in total. The molecular weight excluding hydrogens is 330 g/mol. The first-order valence-corrected chi connectivity index (χ1v) is 7.80.